The summed E-state index contributed by atoms with van der Waals surface area (Å²) in [5.41, 5.74) is 1.00. The SMILES string of the molecule is CCSC1CCC(NS(=O)(=O)c2cc(Br)c(C)cc2Br)C1. The van der Waals surface area contributed by atoms with Gasteiger partial charge in [-0.3, -0.25) is 0 Å². The van der Waals surface area contributed by atoms with E-state index in [1.807, 2.05) is 24.8 Å². The summed E-state index contributed by atoms with van der Waals surface area (Å²) in [4.78, 5) is 0.298. The number of aryl methyl sites for hydroxylation is 1. The van der Waals surface area contributed by atoms with Gasteiger partial charge in [0.1, 0.15) is 0 Å². The number of hydrogen-bond donors (Lipinski definition) is 1. The zero-order valence-electron chi connectivity index (χ0n) is 12.0. The van der Waals surface area contributed by atoms with Crippen LogP contribution < -0.4 is 4.72 Å². The van der Waals surface area contributed by atoms with Crippen molar-refractivity contribution >= 4 is 53.6 Å². The number of thioether (sulfide) groups is 1. The average molecular weight is 457 g/mol. The van der Waals surface area contributed by atoms with Gasteiger partial charge in [-0.25, -0.2) is 13.1 Å². The molecule has 1 aliphatic carbocycles. The van der Waals surface area contributed by atoms with Crippen molar-refractivity contribution in [2.24, 2.45) is 0 Å². The third-order valence-electron chi connectivity index (χ3n) is 3.61. The Morgan fingerprint density at radius 1 is 1.29 bits per heavy atom. The van der Waals surface area contributed by atoms with E-state index < -0.39 is 10.0 Å². The van der Waals surface area contributed by atoms with Crippen LogP contribution in [0.2, 0.25) is 0 Å². The number of sulfonamides is 1. The Hall–Kier alpha value is 0.440. The van der Waals surface area contributed by atoms with Gasteiger partial charge in [-0.1, -0.05) is 22.9 Å². The van der Waals surface area contributed by atoms with Crippen LogP contribution in [0.15, 0.2) is 26.0 Å². The fourth-order valence-corrected chi connectivity index (χ4v) is 6.65. The second-order valence-electron chi connectivity index (χ2n) is 5.24. The van der Waals surface area contributed by atoms with Crippen LogP contribution in [0, 0.1) is 6.92 Å². The van der Waals surface area contributed by atoms with Crippen LogP contribution in [-0.4, -0.2) is 25.5 Å². The molecule has 0 spiro atoms. The van der Waals surface area contributed by atoms with Gasteiger partial charge in [0.15, 0.2) is 0 Å². The second-order valence-corrected chi connectivity index (χ2v) is 10.2. The number of benzene rings is 1. The summed E-state index contributed by atoms with van der Waals surface area (Å²) in [6.07, 6.45) is 2.92. The van der Waals surface area contributed by atoms with Gasteiger partial charge in [0.05, 0.1) is 4.90 Å². The standard InChI is InChI=1S/C14H19Br2NO2S2/c1-3-20-11-5-4-10(7-11)17-21(18,19)14-8-12(15)9(2)6-13(14)16/h6,8,10-11,17H,3-5,7H2,1-2H3. The highest BCUT2D eigenvalue weighted by molar-refractivity contribution is 9.11. The molecular weight excluding hydrogens is 438 g/mol. The molecule has 2 atom stereocenters. The van der Waals surface area contributed by atoms with E-state index in [0.717, 1.165) is 35.1 Å². The molecular formula is C14H19Br2NO2S2. The monoisotopic (exact) mass is 455 g/mol. The zero-order chi connectivity index (χ0) is 15.6. The highest BCUT2D eigenvalue weighted by Gasteiger charge is 2.29. The molecule has 0 amide bonds. The molecule has 2 rings (SSSR count). The topological polar surface area (TPSA) is 46.2 Å². The zero-order valence-corrected chi connectivity index (χ0v) is 16.8. The van der Waals surface area contributed by atoms with Crippen LogP contribution in [0.1, 0.15) is 31.7 Å². The maximum atomic E-state index is 12.6. The van der Waals surface area contributed by atoms with Crippen molar-refractivity contribution in [2.45, 2.75) is 49.3 Å². The molecule has 1 aromatic carbocycles. The lowest BCUT2D eigenvalue weighted by molar-refractivity contribution is 0.552. The normalized spacial score (nSPS) is 22.7. The van der Waals surface area contributed by atoms with E-state index >= 15 is 0 Å². The molecule has 7 heteroatoms. The average Bonchev–Trinajstić information content (AvgIpc) is 2.80. The minimum Gasteiger partial charge on any atom is -0.208 e. The van der Waals surface area contributed by atoms with E-state index in [-0.39, 0.29) is 6.04 Å². The number of rotatable bonds is 5. The highest BCUT2D eigenvalue weighted by atomic mass is 79.9. The van der Waals surface area contributed by atoms with Crippen molar-refractivity contribution in [3.63, 3.8) is 0 Å². The van der Waals surface area contributed by atoms with Crippen LogP contribution in [-0.2, 0) is 10.0 Å². The smallest absolute Gasteiger partial charge is 0.208 e. The van der Waals surface area contributed by atoms with E-state index in [1.165, 1.54) is 0 Å². The molecule has 0 saturated heterocycles. The van der Waals surface area contributed by atoms with E-state index in [1.54, 1.807) is 6.07 Å². The molecule has 0 heterocycles. The van der Waals surface area contributed by atoms with Crippen molar-refractivity contribution in [1.82, 2.24) is 4.72 Å². The van der Waals surface area contributed by atoms with Crippen LogP contribution >= 0.6 is 43.6 Å². The summed E-state index contributed by atoms with van der Waals surface area (Å²) < 4.78 is 29.4. The maximum Gasteiger partial charge on any atom is 0.241 e. The van der Waals surface area contributed by atoms with E-state index in [0.29, 0.717) is 14.6 Å². The van der Waals surface area contributed by atoms with Crippen molar-refractivity contribution in [3.05, 3.63) is 26.6 Å². The van der Waals surface area contributed by atoms with Gasteiger partial charge in [-0.2, -0.15) is 11.8 Å². The lowest BCUT2D eigenvalue weighted by Crippen LogP contribution is -2.33. The fraction of sp³-hybridized carbons (Fsp3) is 0.571. The van der Waals surface area contributed by atoms with Crippen LogP contribution in [0.4, 0.5) is 0 Å². The molecule has 118 valence electrons. The van der Waals surface area contributed by atoms with Gasteiger partial charge in [0.2, 0.25) is 10.0 Å². The first-order valence-corrected chi connectivity index (χ1v) is 11.0. The third-order valence-corrected chi connectivity index (χ3v) is 8.18. The molecule has 1 saturated carbocycles. The largest absolute Gasteiger partial charge is 0.241 e. The van der Waals surface area contributed by atoms with Crippen molar-refractivity contribution in [1.29, 1.82) is 0 Å². The first-order valence-electron chi connectivity index (χ1n) is 6.93. The lowest BCUT2D eigenvalue weighted by atomic mass is 10.2. The van der Waals surface area contributed by atoms with E-state index in [9.17, 15) is 8.42 Å². The van der Waals surface area contributed by atoms with Crippen molar-refractivity contribution in [2.75, 3.05) is 5.75 Å². The van der Waals surface area contributed by atoms with Crippen LogP contribution in [0.5, 0.6) is 0 Å². The Balaban J connectivity index is 2.14. The Morgan fingerprint density at radius 3 is 2.67 bits per heavy atom. The summed E-state index contributed by atoms with van der Waals surface area (Å²) in [7, 11) is -3.49. The summed E-state index contributed by atoms with van der Waals surface area (Å²) >= 11 is 8.68. The van der Waals surface area contributed by atoms with Crippen molar-refractivity contribution < 1.29 is 8.42 Å². The summed E-state index contributed by atoms with van der Waals surface area (Å²) in [6.45, 7) is 4.07. The molecule has 0 aromatic heterocycles. The number of nitrogens with one attached hydrogen (secondary N) is 1. The molecule has 1 aliphatic rings. The highest BCUT2D eigenvalue weighted by Crippen LogP contribution is 2.32. The van der Waals surface area contributed by atoms with Gasteiger partial charge < -0.3 is 0 Å². The number of hydrogen-bond acceptors (Lipinski definition) is 3. The molecule has 2 unspecified atom stereocenters. The van der Waals surface area contributed by atoms with E-state index in [4.69, 9.17) is 0 Å². The number of halogens is 2. The van der Waals surface area contributed by atoms with Gasteiger partial charge in [-0.05, 0) is 65.6 Å². The van der Waals surface area contributed by atoms with Gasteiger partial charge in [0.25, 0.3) is 0 Å². The Kier molecular flexibility index (Phi) is 6.22. The predicted octanol–water partition coefficient (Wildman–Crippen LogP) is 4.47. The first kappa shape index (κ1) is 17.8. The summed E-state index contributed by atoms with van der Waals surface area (Å²) in [5.74, 6) is 1.08. The molecule has 0 aliphatic heterocycles. The molecule has 0 bridgehead atoms. The molecule has 3 nitrogen and oxygen atoms in total. The molecule has 0 radical (unpaired) electrons. The Morgan fingerprint density at radius 2 is 2.00 bits per heavy atom. The third kappa shape index (κ3) is 4.47. The van der Waals surface area contributed by atoms with Gasteiger partial charge >= 0.3 is 0 Å². The quantitative estimate of drug-likeness (QED) is 0.710. The van der Waals surface area contributed by atoms with Gasteiger partial charge in [-0.15, -0.1) is 0 Å². The lowest BCUT2D eigenvalue weighted by Gasteiger charge is -2.15. The molecule has 1 aromatic rings. The second kappa shape index (κ2) is 7.34. The predicted molar refractivity (Wildman–Crippen MR) is 96.5 cm³/mol. The summed E-state index contributed by atoms with van der Waals surface area (Å²) in [6, 6.07) is 3.53. The Labute approximate surface area is 148 Å². The molecule has 1 N–H and O–H groups in total. The minimum atomic E-state index is -3.49. The maximum absolute atomic E-state index is 12.6. The minimum absolute atomic E-state index is 0.0472. The first-order chi connectivity index (χ1) is 9.83. The fourth-order valence-electron chi connectivity index (χ4n) is 2.55. The van der Waals surface area contributed by atoms with Crippen LogP contribution in [0.3, 0.4) is 0 Å². The summed E-state index contributed by atoms with van der Waals surface area (Å²) in [5, 5.41) is 0.580. The molecule has 21 heavy (non-hydrogen) atoms. The molecule has 1 fully saturated rings. The van der Waals surface area contributed by atoms with Crippen LogP contribution in [0.25, 0.3) is 0 Å². The van der Waals surface area contributed by atoms with E-state index in [2.05, 4.69) is 43.5 Å². The Bertz CT molecular complexity index is 620. The van der Waals surface area contributed by atoms with Gasteiger partial charge in [0, 0.05) is 20.2 Å². The van der Waals surface area contributed by atoms with Crippen molar-refractivity contribution in [3.8, 4) is 0 Å².